The Balaban J connectivity index is 1.25. The second-order valence-electron chi connectivity index (χ2n) is 7.81. The zero-order chi connectivity index (χ0) is 20.3. The number of anilines is 1. The minimum atomic E-state index is 0.634. The quantitative estimate of drug-likeness (QED) is 0.432. The Labute approximate surface area is 181 Å². The second kappa shape index (κ2) is 8.36. The van der Waals surface area contributed by atoms with Crippen LogP contribution in [0.4, 0.5) is 5.82 Å². The van der Waals surface area contributed by atoms with Crippen LogP contribution in [0.3, 0.4) is 0 Å². The molecule has 1 N–H and O–H groups in total. The molecule has 0 aliphatic heterocycles. The van der Waals surface area contributed by atoms with Gasteiger partial charge in [0.15, 0.2) is 0 Å². The predicted octanol–water partition coefficient (Wildman–Crippen LogP) is 6.07. The van der Waals surface area contributed by atoms with E-state index < -0.39 is 0 Å². The van der Waals surface area contributed by atoms with E-state index in [1.165, 1.54) is 47.9 Å². The molecule has 0 unspecified atom stereocenters. The molecule has 0 radical (unpaired) electrons. The molecule has 5 heteroatoms. The normalized spacial score (nSPS) is 13.1. The zero-order valence-corrected chi connectivity index (χ0v) is 17.9. The molecular weight excluding hydrogens is 388 g/mol. The molecule has 0 atom stereocenters. The van der Waals surface area contributed by atoms with Crippen molar-refractivity contribution in [1.29, 1.82) is 0 Å². The number of nitrogens with one attached hydrogen (secondary N) is 1. The van der Waals surface area contributed by atoms with Gasteiger partial charge < -0.3 is 5.32 Å². The van der Waals surface area contributed by atoms with Crippen molar-refractivity contribution in [3.63, 3.8) is 0 Å². The number of hydrogen-bond donors (Lipinski definition) is 1. The van der Waals surface area contributed by atoms with E-state index in [-0.39, 0.29) is 0 Å². The van der Waals surface area contributed by atoms with Gasteiger partial charge in [0.1, 0.15) is 10.8 Å². The third-order valence-corrected chi connectivity index (χ3v) is 6.61. The zero-order valence-electron chi connectivity index (χ0n) is 17.1. The van der Waals surface area contributed by atoms with E-state index in [9.17, 15) is 0 Å². The minimum absolute atomic E-state index is 0.634. The van der Waals surface area contributed by atoms with Crippen molar-refractivity contribution in [2.24, 2.45) is 0 Å². The summed E-state index contributed by atoms with van der Waals surface area (Å²) >= 11 is 1.68. The first kappa shape index (κ1) is 18.9. The summed E-state index contributed by atoms with van der Waals surface area (Å²) in [6.07, 6.45) is 4.96. The van der Waals surface area contributed by atoms with Gasteiger partial charge in [0, 0.05) is 16.5 Å². The molecule has 0 fully saturated rings. The first-order valence-corrected chi connectivity index (χ1v) is 11.3. The van der Waals surface area contributed by atoms with Crippen molar-refractivity contribution in [3.05, 3.63) is 82.4 Å². The van der Waals surface area contributed by atoms with Crippen molar-refractivity contribution in [2.75, 3.05) is 5.32 Å². The van der Waals surface area contributed by atoms with Crippen LogP contribution in [-0.2, 0) is 19.4 Å². The molecule has 2 aromatic carbocycles. The number of fused-ring (bicyclic) bond motifs is 1. The standard InChI is InChI=1S/C25H24N4S/c1-17-6-2-5-9-22(17)25-27-21(16-30-25)15-26-24-13-12-23(28-29-24)20-11-10-18-7-3-4-8-19(18)14-20/h2,5-6,9-14,16H,3-4,7-8,15H2,1H3,(H,26,29). The van der Waals surface area contributed by atoms with Crippen molar-refractivity contribution < 1.29 is 0 Å². The fraction of sp³-hybridized carbons (Fsp3) is 0.240. The van der Waals surface area contributed by atoms with Gasteiger partial charge in [0.2, 0.25) is 0 Å². The number of rotatable bonds is 5. The van der Waals surface area contributed by atoms with Gasteiger partial charge in [-0.1, -0.05) is 36.4 Å². The molecule has 150 valence electrons. The van der Waals surface area contributed by atoms with E-state index in [1.54, 1.807) is 11.3 Å². The largest absolute Gasteiger partial charge is 0.363 e. The molecule has 0 saturated carbocycles. The van der Waals surface area contributed by atoms with E-state index in [0.717, 1.165) is 27.8 Å². The molecule has 0 saturated heterocycles. The van der Waals surface area contributed by atoms with E-state index >= 15 is 0 Å². The second-order valence-corrected chi connectivity index (χ2v) is 8.66. The van der Waals surface area contributed by atoms with Gasteiger partial charge in [-0.2, -0.15) is 0 Å². The van der Waals surface area contributed by atoms with E-state index in [1.807, 2.05) is 12.1 Å². The SMILES string of the molecule is Cc1ccccc1-c1nc(CNc2ccc(-c3ccc4c(c3)CCCC4)nn2)cs1. The molecule has 2 aromatic heterocycles. The lowest BCUT2D eigenvalue weighted by Gasteiger charge is -2.16. The Morgan fingerprint density at radius 1 is 0.933 bits per heavy atom. The summed E-state index contributed by atoms with van der Waals surface area (Å²) in [5.41, 5.74) is 8.48. The van der Waals surface area contributed by atoms with Gasteiger partial charge in [-0.15, -0.1) is 21.5 Å². The third kappa shape index (κ3) is 3.98. The lowest BCUT2D eigenvalue weighted by molar-refractivity contribution is 0.686. The summed E-state index contributed by atoms with van der Waals surface area (Å²) in [4.78, 5) is 4.77. The molecule has 0 spiro atoms. The fourth-order valence-corrected chi connectivity index (χ4v) is 4.89. The number of nitrogens with zero attached hydrogens (tertiary/aromatic N) is 3. The van der Waals surface area contributed by atoms with Crippen molar-refractivity contribution in [2.45, 2.75) is 39.2 Å². The van der Waals surface area contributed by atoms with Crippen LogP contribution in [-0.4, -0.2) is 15.2 Å². The third-order valence-electron chi connectivity index (χ3n) is 5.69. The van der Waals surface area contributed by atoms with Gasteiger partial charge in [-0.05, 0) is 67.5 Å². The number of hydrogen-bond acceptors (Lipinski definition) is 5. The fourth-order valence-electron chi connectivity index (χ4n) is 3.98. The maximum atomic E-state index is 4.77. The van der Waals surface area contributed by atoms with Gasteiger partial charge in [0.25, 0.3) is 0 Å². The van der Waals surface area contributed by atoms with Crippen LogP contribution in [0.15, 0.2) is 60.0 Å². The molecule has 1 aliphatic rings. The first-order valence-electron chi connectivity index (χ1n) is 10.5. The summed E-state index contributed by atoms with van der Waals surface area (Å²) in [6.45, 7) is 2.75. The van der Waals surface area contributed by atoms with Gasteiger partial charge in [0.05, 0.1) is 17.9 Å². The van der Waals surface area contributed by atoms with Crippen LogP contribution in [0.5, 0.6) is 0 Å². The highest BCUT2D eigenvalue weighted by Gasteiger charge is 2.11. The Hall–Kier alpha value is -3.05. The highest BCUT2D eigenvalue weighted by molar-refractivity contribution is 7.13. The van der Waals surface area contributed by atoms with Crippen LogP contribution in [0.1, 0.15) is 35.2 Å². The Morgan fingerprint density at radius 2 is 1.80 bits per heavy atom. The van der Waals surface area contributed by atoms with E-state index in [0.29, 0.717) is 6.54 Å². The van der Waals surface area contributed by atoms with Crippen LogP contribution in [0, 0.1) is 6.92 Å². The van der Waals surface area contributed by atoms with Crippen molar-refractivity contribution in [1.82, 2.24) is 15.2 Å². The highest BCUT2D eigenvalue weighted by Crippen LogP contribution is 2.28. The molecule has 30 heavy (non-hydrogen) atoms. The summed E-state index contributed by atoms with van der Waals surface area (Å²) in [6, 6.07) is 19.1. The lowest BCUT2D eigenvalue weighted by Crippen LogP contribution is -2.04. The monoisotopic (exact) mass is 412 g/mol. The lowest BCUT2D eigenvalue weighted by atomic mass is 9.90. The number of aryl methyl sites for hydroxylation is 3. The molecule has 1 aliphatic carbocycles. The molecule has 5 rings (SSSR count). The van der Waals surface area contributed by atoms with E-state index in [4.69, 9.17) is 4.98 Å². The molecule has 4 aromatic rings. The van der Waals surface area contributed by atoms with Gasteiger partial charge in [-0.3, -0.25) is 0 Å². The predicted molar refractivity (Wildman–Crippen MR) is 124 cm³/mol. The van der Waals surface area contributed by atoms with Crippen LogP contribution < -0.4 is 5.32 Å². The minimum Gasteiger partial charge on any atom is -0.363 e. The Morgan fingerprint density at radius 3 is 2.63 bits per heavy atom. The van der Waals surface area contributed by atoms with Crippen LogP contribution >= 0.6 is 11.3 Å². The number of benzene rings is 2. The average Bonchev–Trinajstić information content (AvgIpc) is 3.27. The van der Waals surface area contributed by atoms with Crippen molar-refractivity contribution >= 4 is 17.2 Å². The molecule has 4 nitrogen and oxygen atoms in total. The Kier molecular flexibility index (Phi) is 5.28. The summed E-state index contributed by atoms with van der Waals surface area (Å²) in [7, 11) is 0. The molecular formula is C25H24N4S. The molecule has 2 heterocycles. The average molecular weight is 413 g/mol. The Bertz CT molecular complexity index is 1160. The first-order chi connectivity index (χ1) is 14.8. The highest BCUT2D eigenvalue weighted by atomic mass is 32.1. The smallest absolute Gasteiger partial charge is 0.149 e. The molecule has 0 bridgehead atoms. The number of thiazole rings is 1. The molecule has 0 amide bonds. The van der Waals surface area contributed by atoms with Gasteiger partial charge in [-0.25, -0.2) is 4.98 Å². The topological polar surface area (TPSA) is 50.7 Å². The maximum absolute atomic E-state index is 4.77. The van der Waals surface area contributed by atoms with Crippen molar-refractivity contribution in [3.8, 4) is 21.8 Å². The van der Waals surface area contributed by atoms with Gasteiger partial charge >= 0.3 is 0 Å². The maximum Gasteiger partial charge on any atom is 0.149 e. The number of aromatic nitrogens is 3. The van der Waals surface area contributed by atoms with Crippen LogP contribution in [0.2, 0.25) is 0 Å². The van der Waals surface area contributed by atoms with E-state index in [2.05, 4.69) is 70.3 Å². The summed E-state index contributed by atoms with van der Waals surface area (Å²) in [5, 5.41) is 15.3. The summed E-state index contributed by atoms with van der Waals surface area (Å²) < 4.78 is 0. The summed E-state index contributed by atoms with van der Waals surface area (Å²) in [5.74, 6) is 0.766. The van der Waals surface area contributed by atoms with Crippen LogP contribution in [0.25, 0.3) is 21.8 Å².